The second-order valence-corrected chi connectivity index (χ2v) is 8.77. The van der Waals surface area contributed by atoms with E-state index in [-0.39, 0.29) is 12.0 Å². The predicted molar refractivity (Wildman–Crippen MR) is 79.0 cm³/mol. The van der Waals surface area contributed by atoms with Crippen LogP contribution in [0.4, 0.5) is 13.2 Å². The number of halogens is 3. The lowest BCUT2D eigenvalue weighted by molar-refractivity contribution is -0.238. The van der Waals surface area contributed by atoms with E-state index in [1.165, 1.54) is 6.92 Å². The van der Waals surface area contributed by atoms with Crippen LogP contribution in [-0.2, 0) is 33.4 Å². The number of carbonyl (C=O) groups excluding carboxylic acids is 2. The molecule has 6 unspecified atom stereocenters. The molecule has 0 amide bonds. The van der Waals surface area contributed by atoms with Crippen LogP contribution in [0.1, 0.15) is 20.3 Å². The van der Waals surface area contributed by atoms with Gasteiger partial charge in [-0.3, -0.25) is 4.18 Å². The summed E-state index contributed by atoms with van der Waals surface area (Å²) in [6.45, 7) is 4.76. The third-order valence-electron chi connectivity index (χ3n) is 5.56. The first-order chi connectivity index (χ1) is 11.8. The number of alkyl halides is 3. The number of hydrogen-bond acceptors (Lipinski definition) is 7. The molecule has 1 saturated heterocycles. The number of fused-ring (bicyclic) bond motifs is 1. The molecule has 0 aromatic rings. The average Bonchev–Trinajstić information content (AvgIpc) is 2.98. The molecule has 0 N–H and O–H groups in total. The van der Waals surface area contributed by atoms with E-state index in [0.717, 1.165) is 6.92 Å². The lowest BCUT2D eigenvalue weighted by atomic mass is 9.78. The van der Waals surface area contributed by atoms with E-state index < -0.39 is 69.5 Å². The van der Waals surface area contributed by atoms with Crippen molar-refractivity contribution in [1.29, 1.82) is 0 Å². The molecule has 7 nitrogen and oxygen atoms in total. The first kappa shape index (κ1) is 19.2. The molecule has 2 bridgehead atoms. The number of hydrogen-bond donors (Lipinski definition) is 0. The summed E-state index contributed by atoms with van der Waals surface area (Å²) in [7, 11) is -4.30. The van der Waals surface area contributed by atoms with Gasteiger partial charge in [0, 0.05) is 17.4 Å². The van der Waals surface area contributed by atoms with Crippen molar-refractivity contribution < 1.29 is 44.8 Å². The minimum Gasteiger partial charge on any atom is -0.458 e. The van der Waals surface area contributed by atoms with Crippen molar-refractivity contribution in [2.24, 2.45) is 17.3 Å². The minimum atomic E-state index is -4.69. The van der Waals surface area contributed by atoms with Crippen molar-refractivity contribution in [2.45, 2.75) is 43.9 Å². The van der Waals surface area contributed by atoms with E-state index in [1.54, 1.807) is 0 Å². The number of rotatable bonds is 4. The quantitative estimate of drug-likeness (QED) is 0.400. The molecular formula is C15H17F3O7S. The van der Waals surface area contributed by atoms with Crippen molar-refractivity contribution in [3.63, 3.8) is 0 Å². The molecule has 26 heavy (non-hydrogen) atoms. The lowest BCUT2D eigenvalue weighted by Gasteiger charge is -2.32. The average molecular weight is 398 g/mol. The van der Waals surface area contributed by atoms with Gasteiger partial charge in [-0.2, -0.15) is 21.6 Å². The fourth-order valence-corrected chi connectivity index (χ4v) is 6.46. The number of ether oxygens (including phenoxy) is 2. The maximum Gasteiger partial charge on any atom is 0.395 e. The first-order valence-electron chi connectivity index (χ1n) is 7.81. The van der Waals surface area contributed by atoms with Gasteiger partial charge in [0.25, 0.3) is 10.1 Å². The van der Waals surface area contributed by atoms with Crippen LogP contribution >= 0.6 is 0 Å². The van der Waals surface area contributed by atoms with E-state index in [0.29, 0.717) is 0 Å². The zero-order valence-electron chi connectivity index (χ0n) is 13.9. The molecule has 0 radical (unpaired) electrons. The van der Waals surface area contributed by atoms with Crippen LogP contribution in [0.25, 0.3) is 0 Å². The molecule has 6 atom stereocenters. The van der Waals surface area contributed by atoms with Gasteiger partial charge >= 0.3 is 18.1 Å². The maximum atomic E-state index is 13.7. The van der Waals surface area contributed by atoms with E-state index in [1.807, 2.05) is 0 Å². The van der Waals surface area contributed by atoms with Crippen LogP contribution in [0.5, 0.6) is 0 Å². The fourth-order valence-electron chi connectivity index (χ4n) is 4.40. The smallest absolute Gasteiger partial charge is 0.395 e. The van der Waals surface area contributed by atoms with Crippen LogP contribution in [0, 0.1) is 17.3 Å². The minimum absolute atomic E-state index is 0.0250. The summed E-state index contributed by atoms with van der Waals surface area (Å²) < 4.78 is 79.9. The van der Waals surface area contributed by atoms with E-state index in [9.17, 15) is 31.2 Å². The third-order valence-corrected chi connectivity index (χ3v) is 7.31. The SMILES string of the molecule is C=C(C)C(=O)OCC(=O)OC1C2CC3OS(=O)(=O)C1C3C2(C)C(F)(F)F. The van der Waals surface area contributed by atoms with Crippen LogP contribution in [0.15, 0.2) is 12.2 Å². The maximum absolute atomic E-state index is 13.7. The van der Waals surface area contributed by atoms with Gasteiger partial charge in [-0.15, -0.1) is 0 Å². The van der Waals surface area contributed by atoms with Crippen molar-refractivity contribution >= 4 is 22.1 Å². The Kier molecular flexibility index (Phi) is 4.19. The van der Waals surface area contributed by atoms with E-state index >= 15 is 0 Å². The summed E-state index contributed by atoms with van der Waals surface area (Å²) in [6.07, 6.45) is -7.45. The summed E-state index contributed by atoms with van der Waals surface area (Å²) in [5.74, 6) is -4.58. The Balaban J connectivity index is 1.83. The highest BCUT2D eigenvalue weighted by molar-refractivity contribution is 7.87. The van der Waals surface area contributed by atoms with Gasteiger partial charge in [-0.05, 0) is 13.3 Å². The van der Waals surface area contributed by atoms with Gasteiger partial charge in [0.15, 0.2) is 6.61 Å². The monoisotopic (exact) mass is 398 g/mol. The van der Waals surface area contributed by atoms with Crippen molar-refractivity contribution in [3.8, 4) is 0 Å². The van der Waals surface area contributed by atoms with Gasteiger partial charge in [-0.1, -0.05) is 13.5 Å². The van der Waals surface area contributed by atoms with Crippen molar-refractivity contribution in [2.75, 3.05) is 6.61 Å². The Hall–Kier alpha value is -1.62. The highest BCUT2D eigenvalue weighted by Crippen LogP contribution is 2.69. The second-order valence-electron chi connectivity index (χ2n) is 7.05. The van der Waals surface area contributed by atoms with Gasteiger partial charge in [0.05, 0.1) is 11.5 Å². The molecule has 3 rings (SSSR count). The number of esters is 2. The third kappa shape index (κ3) is 2.55. The van der Waals surface area contributed by atoms with Crippen molar-refractivity contribution in [1.82, 2.24) is 0 Å². The van der Waals surface area contributed by atoms with Crippen LogP contribution in [0.3, 0.4) is 0 Å². The molecule has 1 heterocycles. The standard InChI is InChI=1S/C15H17F3O7S/c1-6(2)13(20)23-5-9(19)24-11-7-4-8-10(12(11)26(21,22)25-8)14(7,3)15(16,17)18/h7-8,10-12H,1,4-5H2,2-3H3. The summed E-state index contributed by atoms with van der Waals surface area (Å²) in [6, 6.07) is 0. The zero-order valence-corrected chi connectivity index (χ0v) is 14.7. The topological polar surface area (TPSA) is 96.0 Å². The molecule has 0 aromatic heterocycles. The van der Waals surface area contributed by atoms with Crippen LogP contribution in [0.2, 0.25) is 0 Å². The highest BCUT2D eigenvalue weighted by atomic mass is 32.2. The second kappa shape index (κ2) is 5.69. The molecule has 2 saturated carbocycles. The Labute approximate surface area is 147 Å². The summed E-state index contributed by atoms with van der Waals surface area (Å²) in [4.78, 5) is 23.2. The van der Waals surface area contributed by atoms with E-state index in [2.05, 4.69) is 11.3 Å². The Morgan fingerprint density at radius 3 is 2.50 bits per heavy atom. The summed E-state index contributed by atoms with van der Waals surface area (Å²) in [5.41, 5.74) is -2.32. The summed E-state index contributed by atoms with van der Waals surface area (Å²) >= 11 is 0. The van der Waals surface area contributed by atoms with Crippen molar-refractivity contribution in [3.05, 3.63) is 12.2 Å². The van der Waals surface area contributed by atoms with Crippen LogP contribution in [-0.4, -0.2) is 50.6 Å². The largest absolute Gasteiger partial charge is 0.458 e. The molecular weight excluding hydrogens is 381 g/mol. The molecule has 0 spiro atoms. The van der Waals surface area contributed by atoms with Crippen LogP contribution < -0.4 is 0 Å². The van der Waals surface area contributed by atoms with E-state index in [4.69, 9.17) is 8.92 Å². The van der Waals surface area contributed by atoms with Gasteiger partial charge in [-0.25, -0.2) is 9.59 Å². The summed E-state index contributed by atoms with van der Waals surface area (Å²) in [5, 5.41) is -1.58. The first-order valence-corrected chi connectivity index (χ1v) is 9.28. The van der Waals surface area contributed by atoms with Gasteiger partial charge in [0.1, 0.15) is 11.4 Å². The Morgan fingerprint density at radius 2 is 1.96 bits per heavy atom. The number of carbonyl (C=O) groups is 2. The molecule has 0 aromatic carbocycles. The molecule has 11 heteroatoms. The predicted octanol–water partition coefficient (Wildman–Crippen LogP) is 1.33. The Morgan fingerprint density at radius 1 is 1.35 bits per heavy atom. The molecule has 3 aliphatic rings. The zero-order chi connectivity index (χ0) is 19.7. The fraction of sp³-hybridized carbons (Fsp3) is 0.733. The molecule has 1 aliphatic heterocycles. The van der Waals surface area contributed by atoms with Gasteiger partial charge in [0.2, 0.25) is 0 Å². The Bertz CT molecular complexity index is 775. The van der Waals surface area contributed by atoms with Gasteiger partial charge < -0.3 is 9.47 Å². The highest BCUT2D eigenvalue weighted by Gasteiger charge is 2.81. The molecule has 146 valence electrons. The molecule has 2 aliphatic carbocycles. The normalized spacial score (nSPS) is 39.7. The lowest BCUT2D eigenvalue weighted by Crippen LogP contribution is -2.41. The molecule has 3 fully saturated rings.